The molecule has 0 unspecified atom stereocenters. The van der Waals surface area contributed by atoms with E-state index in [4.69, 9.17) is 19.2 Å². The van der Waals surface area contributed by atoms with Crippen LogP contribution in [0.5, 0.6) is 11.6 Å². The van der Waals surface area contributed by atoms with Crippen LogP contribution in [0.3, 0.4) is 0 Å². The van der Waals surface area contributed by atoms with Crippen LogP contribution in [0.25, 0.3) is 21.5 Å². The molecule has 2 aromatic heterocycles. The molecular weight excluding hydrogens is 745 g/mol. The zero-order chi connectivity index (χ0) is 40.1. The van der Waals surface area contributed by atoms with Gasteiger partial charge in [0.25, 0.3) is 0 Å². The van der Waals surface area contributed by atoms with Crippen LogP contribution in [-0.2, 0) is 33.8 Å². The Morgan fingerprint density at radius 3 is 2.44 bits per heavy atom. The molecule has 2 amide bonds. The van der Waals surface area contributed by atoms with Crippen LogP contribution >= 0.6 is 11.3 Å². The minimum atomic E-state index is -3.66. The van der Waals surface area contributed by atoms with E-state index in [2.05, 4.69) is 16.9 Å². The number of benzene rings is 1. The number of fused-ring (bicyclic) bond motifs is 1. The lowest BCUT2D eigenvalue weighted by Gasteiger charge is -2.35. The molecule has 0 spiro atoms. The smallest absolute Gasteiger partial charge is 0.307 e. The van der Waals surface area contributed by atoms with Crippen molar-refractivity contribution in [1.82, 2.24) is 20.2 Å². The monoisotopic (exact) mass is 794 g/mol. The van der Waals surface area contributed by atoms with E-state index in [1.807, 2.05) is 44.4 Å². The molecule has 1 N–H and O–H groups in total. The van der Waals surface area contributed by atoms with Crippen molar-refractivity contribution in [2.24, 2.45) is 17.3 Å². The Labute approximate surface area is 326 Å². The van der Waals surface area contributed by atoms with Crippen LogP contribution in [-0.4, -0.2) is 94.8 Å². The highest BCUT2D eigenvalue weighted by molar-refractivity contribution is 7.93. The number of ketones is 1. The quantitative estimate of drug-likeness (QED) is 0.166. The Bertz CT molecular complexity index is 2100. The summed E-state index contributed by atoms with van der Waals surface area (Å²) in [4.78, 5) is 66.6. The topological polar surface area (TPSA) is 171 Å². The zero-order valence-corrected chi connectivity index (χ0v) is 34.1. The van der Waals surface area contributed by atoms with Crippen LogP contribution in [0.15, 0.2) is 48.5 Å². The summed E-state index contributed by atoms with van der Waals surface area (Å²) in [6.07, 6.45) is 3.54. The molecule has 5 atom stereocenters. The number of thiazole rings is 1. The number of carbonyl (C=O) groups excluding carboxylic acids is 4. The predicted molar refractivity (Wildman–Crippen MR) is 208 cm³/mol. The van der Waals surface area contributed by atoms with E-state index >= 15 is 0 Å². The van der Waals surface area contributed by atoms with E-state index in [1.165, 1.54) is 16.2 Å². The molecule has 0 bridgehead atoms. The number of methoxy groups -OCH3 is 1. The summed E-state index contributed by atoms with van der Waals surface area (Å²) in [7, 11) is -2.08. The Balaban J connectivity index is 1.34. The van der Waals surface area contributed by atoms with Gasteiger partial charge in [0.05, 0.1) is 31.2 Å². The van der Waals surface area contributed by atoms with Crippen molar-refractivity contribution < 1.29 is 41.8 Å². The maximum absolute atomic E-state index is 14.7. The summed E-state index contributed by atoms with van der Waals surface area (Å²) in [5.74, 6) is -3.33. The van der Waals surface area contributed by atoms with Gasteiger partial charge in [-0.25, -0.2) is 18.4 Å². The lowest BCUT2D eigenvalue weighted by molar-refractivity contribution is -0.161. The molecule has 6 rings (SSSR count). The number of carbonyl (C=O) groups is 4. The third kappa shape index (κ3) is 8.88. The molecule has 3 fully saturated rings. The van der Waals surface area contributed by atoms with Gasteiger partial charge < -0.3 is 24.4 Å². The van der Waals surface area contributed by atoms with Gasteiger partial charge in [-0.1, -0.05) is 26.8 Å². The molecule has 3 aromatic rings. The Morgan fingerprint density at radius 2 is 1.85 bits per heavy atom. The van der Waals surface area contributed by atoms with E-state index in [0.717, 1.165) is 5.39 Å². The first-order chi connectivity index (χ1) is 25.7. The Morgan fingerprint density at radius 1 is 1.13 bits per heavy atom. The van der Waals surface area contributed by atoms with E-state index in [9.17, 15) is 27.6 Å². The molecule has 15 heteroatoms. The number of hydrogen-bond donors (Lipinski definition) is 1. The first-order valence-corrected chi connectivity index (χ1v) is 21.1. The highest BCUT2D eigenvalue weighted by Crippen LogP contribution is 2.47. The summed E-state index contributed by atoms with van der Waals surface area (Å²) in [6, 6.07) is 6.24. The molecule has 1 aromatic carbocycles. The maximum atomic E-state index is 14.7. The van der Waals surface area contributed by atoms with Crippen molar-refractivity contribution in [1.29, 1.82) is 0 Å². The SMILES string of the molecule is C=C[C@@H]1C[C@]1(NC(=O)[C@@H]1C[C@@H](Oc2nc(-c3nccs3)cc3cc(OC)ccc23)CN1C(=O)[C@@H](CC(=O)OC(C)(C)C)C(C)(C)C)C(=O)CS(=O)(=O)C1CC1. The standard InChI is InChI=1S/C40H50N4O9S2/c1-9-24-20-40(24,32(45)22-55(49,50)27-11-12-27)43-34(47)31-18-26(21-44(31)37(48)29(38(2,3)4)19-33(46)53-39(5,6)7)52-35-28-13-10-25(51-8)16-23(28)17-30(42-35)36-41-14-15-54-36/h9-10,13-17,24,26-27,29,31H,1,11-12,18-22H2,2-8H3,(H,43,47)/t24-,26-,29-,31+,40-/m1/s1. The van der Waals surface area contributed by atoms with Gasteiger partial charge in [-0.05, 0) is 75.1 Å². The fourth-order valence-corrected chi connectivity index (χ4v) is 9.50. The molecule has 296 valence electrons. The van der Waals surface area contributed by atoms with Gasteiger partial charge in [0.2, 0.25) is 17.7 Å². The van der Waals surface area contributed by atoms with Gasteiger partial charge in [0.15, 0.2) is 15.6 Å². The van der Waals surface area contributed by atoms with Crippen molar-refractivity contribution in [3.05, 3.63) is 48.5 Å². The largest absolute Gasteiger partial charge is 0.497 e. The van der Waals surface area contributed by atoms with Crippen molar-refractivity contribution in [3.63, 3.8) is 0 Å². The number of nitrogens with one attached hydrogen (secondary N) is 1. The van der Waals surface area contributed by atoms with Gasteiger partial charge in [-0.3, -0.25) is 19.2 Å². The second-order valence-electron chi connectivity index (χ2n) is 16.9. The molecular formula is C40H50N4O9S2. The van der Waals surface area contributed by atoms with Crippen LogP contribution < -0.4 is 14.8 Å². The fraction of sp³-hybridized carbons (Fsp3) is 0.550. The summed E-state index contributed by atoms with van der Waals surface area (Å²) >= 11 is 1.42. The molecule has 13 nitrogen and oxygen atoms in total. The number of nitrogens with zero attached hydrogens (tertiary/aromatic N) is 3. The normalized spacial score (nSPS) is 23.2. The second-order valence-corrected chi connectivity index (χ2v) is 20.0. The number of hydrogen-bond acceptors (Lipinski definition) is 12. The van der Waals surface area contributed by atoms with Gasteiger partial charge in [0, 0.05) is 29.3 Å². The lowest BCUT2D eigenvalue weighted by Crippen LogP contribution is -2.55. The van der Waals surface area contributed by atoms with E-state index in [1.54, 1.807) is 46.2 Å². The van der Waals surface area contributed by atoms with E-state index in [0.29, 0.717) is 34.7 Å². The third-order valence-corrected chi connectivity index (χ3v) is 13.4. The average Bonchev–Trinajstić information content (AvgIpc) is 3.97. The van der Waals surface area contributed by atoms with Gasteiger partial charge >= 0.3 is 5.97 Å². The van der Waals surface area contributed by atoms with Crippen LogP contribution in [0.4, 0.5) is 0 Å². The van der Waals surface area contributed by atoms with Crippen molar-refractivity contribution >= 4 is 55.5 Å². The van der Waals surface area contributed by atoms with Gasteiger partial charge in [0.1, 0.15) is 45.5 Å². The van der Waals surface area contributed by atoms with Crippen LogP contribution in [0, 0.1) is 17.3 Å². The average molecular weight is 795 g/mol. The maximum Gasteiger partial charge on any atom is 0.307 e. The number of likely N-dealkylation sites (tertiary alicyclic amines) is 1. The predicted octanol–water partition coefficient (Wildman–Crippen LogP) is 5.32. The second kappa shape index (κ2) is 14.9. The summed E-state index contributed by atoms with van der Waals surface area (Å²) in [5.41, 5.74) is -2.37. The number of amides is 2. The third-order valence-electron chi connectivity index (χ3n) is 10.4. The molecule has 2 saturated carbocycles. The fourth-order valence-electron chi connectivity index (χ4n) is 7.19. The number of ether oxygens (including phenoxy) is 3. The molecule has 0 radical (unpaired) electrons. The molecule has 1 saturated heterocycles. The Hall–Kier alpha value is -4.37. The van der Waals surface area contributed by atoms with Crippen LogP contribution in [0.2, 0.25) is 0 Å². The number of pyridine rings is 1. The van der Waals surface area contributed by atoms with E-state index < -0.39 is 84.9 Å². The first-order valence-electron chi connectivity index (χ1n) is 18.5. The molecule has 3 heterocycles. The zero-order valence-electron chi connectivity index (χ0n) is 32.4. The number of sulfone groups is 1. The van der Waals surface area contributed by atoms with Gasteiger partial charge in [-0.2, -0.15) is 0 Å². The number of Topliss-reactive ketones (excluding diaryl/α,β-unsaturated/α-hetero) is 1. The molecule has 2 aliphatic carbocycles. The van der Waals surface area contributed by atoms with Crippen molar-refractivity contribution in [2.45, 2.75) is 102 Å². The lowest BCUT2D eigenvalue weighted by atomic mass is 9.77. The van der Waals surface area contributed by atoms with Gasteiger partial charge in [-0.15, -0.1) is 17.9 Å². The molecule has 1 aliphatic heterocycles. The minimum Gasteiger partial charge on any atom is -0.497 e. The summed E-state index contributed by atoms with van der Waals surface area (Å²) in [5, 5.41) is 6.32. The highest BCUT2D eigenvalue weighted by atomic mass is 32.2. The minimum absolute atomic E-state index is 0.0273. The van der Waals surface area contributed by atoms with E-state index in [-0.39, 0.29) is 31.7 Å². The number of esters is 1. The van der Waals surface area contributed by atoms with Crippen molar-refractivity contribution in [3.8, 4) is 22.3 Å². The number of rotatable bonds is 14. The highest BCUT2D eigenvalue weighted by Gasteiger charge is 2.61. The van der Waals surface area contributed by atoms with Crippen molar-refractivity contribution in [2.75, 3.05) is 19.4 Å². The first kappa shape index (κ1) is 40.3. The number of aromatic nitrogens is 2. The molecule has 55 heavy (non-hydrogen) atoms. The van der Waals surface area contributed by atoms with Crippen LogP contribution in [0.1, 0.15) is 73.6 Å². The summed E-state index contributed by atoms with van der Waals surface area (Å²) < 4.78 is 43.4. The summed E-state index contributed by atoms with van der Waals surface area (Å²) in [6.45, 7) is 14.6. The molecule has 3 aliphatic rings. The Kier molecular flexibility index (Phi) is 10.9.